The van der Waals surface area contributed by atoms with Gasteiger partial charge in [-0.3, -0.25) is 9.78 Å². The summed E-state index contributed by atoms with van der Waals surface area (Å²) in [5, 5.41) is 40.9. The highest BCUT2D eigenvalue weighted by Crippen LogP contribution is 2.44. The Labute approximate surface area is 237 Å². The number of aromatic nitrogens is 1. The predicted octanol–water partition coefficient (Wildman–Crippen LogP) is -0.223. The number of nitrogens with one attached hydrogen (secondary N) is 2. The molecule has 226 valence electrons. The molecule has 2 aromatic rings. The van der Waals surface area contributed by atoms with Gasteiger partial charge >= 0.3 is 0 Å². The average Bonchev–Trinajstić information content (AvgIpc) is 2.88. The van der Waals surface area contributed by atoms with Gasteiger partial charge in [-0.05, 0) is 62.8 Å². The lowest BCUT2D eigenvalue weighted by Crippen LogP contribution is -2.77. The number of hydrogen-bond acceptors (Lipinski definition) is 12. The van der Waals surface area contributed by atoms with Crippen LogP contribution >= 0.6 is 7.57 Å². The number of fused-ring (bicyclic) bond motifs is 3. The first-order chi connectivity index (χ1) is 19.3. The zero-order valence-corrected chi connectivity index (χ0v) is 24.0. The van der Waals surface area contributed by atoms with Crippen molar-refractivity contribution in [1.82, 2.24) is 15.6 Å². The molecule has 2 aliphatic heterocycles. The molecule has 2 saturated heterocycles. The summed E-state index contributed by atoms with van der Waals surface area (Å²) in [5.74, 6) is -2.77. The number of carbonyl (C=O) groups excluding carboxylic acids is 1. The van der Waals surface area contributed by atoms with E-state index in [-0.39, 0.29) is 18.6 Å². The highest BCUT2D eigenvalue weighted by molar-refractivity contribution is 7.58. The third-order valence-electron chi connectivity index (χ3n) is 8.11. The van der Waals surface area contributed by atoms with E-state index >= 15 is 0 Å². The normalized spacial score (nSPS) is 37.2. The second kappa shape index (κ2) is 11.5. The zero-order chi connectivity index (χ0) is 29.7. The number of pyridine rings is 1. The molecule has 7 N–H and O–H groups in total. The Bertz CT molecular complexity index is 1330. The second-order valence-electron chi connectivity index (χ2n) is 11.1. The first-order valence-electron chi connectivity index (χ1n) is 13.6. The van der Waals surface area contributed by atoms with Crippen LogP contribution in [0.3, 0.4) is 0 Å². The molecule has 1 amide bonds. The molecule has 3 fully saturated rings. The number of hydrogen-bond donors (Lipinski definition) is 7. The first kappa shape index (κ1) is 30.3. The van der Waals surface area contributed by atoms with Gasteiger partial charge < -0.3 is 54.5 Å². The van der Waals surface area contributed by atoms with Crippen molar-refractivity contribution in [3.8, 4) is 5.75 Å². The molecular weight excluding hydrogens is 557 g/mol. The first-order valence-corrected chi connectivity index (χ1v) is 15.4. The summed E-state index contributed by atoms with van der Waals surface area (Å²) in [6.45, 7) is 3.65. The van der Waals surface area contributed by atoms with Crippen LogP contribution in [0.2, 0.25) is 0 Å². The van der Waals surface area contributed by atoms with Crippen molar-refractivity contribution in [3.63, 3.8) is 0 Å². The van der Waals surface area contributed by atoms with Crippen molar-refractivity contribution in [3.05, 3.63) is 36.2 Å². The van der Waals surface area contributed by atoms with Gasteiger partial charge in [0.1, 0.15) is 18.0 Å². The van der Waals surface area contributed by atoms with Crippen LogP contribution in [0.15, 0.2) is 30.5 Å². The van der Waals surface area contributed by atoms with E-state index < -0.39 is 74.1 Å². The van der Waals surface area contributed by atoms with Crippen LogP contribution in [0.4, 0.5) is 0 Å². The lowest BCUT2D eigenvalue weighted by molar-refractivity contribution is -0.450. The molecule has 13 nitrogen and oxygen atoms in total. The van der Waals surface area contributed by atoms with Crippen molar-refractivity contribution in [2.45, 2.75) is 87.8 Å². The topological polar surface area (TPSA) is 192 Å². The van der Waals surface area contributed by atoms with E-state index in [1.54, 1.807) is 44.4 Å². The minimum absolute atomic E-state index is 0.124. The minimum Gasteiger partial charge on any atom is -0.432 e. The Hall–Kier alpha value is -2.16. The number of amides is 1. The van der Waals surface area contributed by atoms with E-state index in [1.807, 2.05) is 6.92 Å². The fourth-order valence-corrected chi connectivity index (χ4v) is 6.59. The summed E-state index contributed by atoms with van der Waals surface area (Å²) in [4.78, 5) is 36.6. The number of likely N-dealkylation sites (N-methyl/N-ethyl adjacent to an activating group) is 1. The zero-order valence-electron chi connectivity index (χ0n) is 23.1. The molecule has 1 saturated carbocycles. The van der Waals surface area contributed by atoms with E-state index in [1.165, 1.54) is 0 Å². The summed E-state index contributed by atoms with van der Waals surface area (Å²) in [7, 11) is -2.08. The molecular formula is C27H38N3O10P. The molecule has 14 heteroatoms. The fraction of sp³-hybridized carbons (Fsp3) is 0.593. The lowest BCUT2D eigenvalue weighted by atomic mass is 9.74. The molecule has 3 aliphatic rings. The number of benzene rings is 1. The van der Waals surface area contributed by atoms with Crippen LogP contribution in [0.1, 0.15) is 32.4 Å². The summed E-state index contributed by atoms with van der Waals surface area (Å²) in [5.41, 5.74) is 0.430. The van der Waals surface area contributed by atoms with E-state index in [0.29, 0.717) is 17.5 Å². The highest BCUT2D eigenvalue weighted by Gasteiger charge is 2.63. The Balaban J connectivity index is 1.34. The second-order valence-corrected chi connectivity index (χ2v) is 12.6. The third kappa shape index (κ3) is 6.02. The standard InChI is InChI=1S/C27H38N3O10P/c1-5-18-22(32)21(28-3)24-25(23(18)33)38-26-27(34,39-24)19(8-13(2)37-26)30-20(31)11-16-9-15-10-17(40-41(4,35)36)7-6-14(15)12-29-16/h6-7,9-10,12-13,18-19,21-26,28,32-36H,4-5,8,11H2,1-3H3,(H,30,31)/t13-,18-,19-,21+,22+,23+,24-,25-,26+,27+/m1/s1. The van der Waals surface area contributed by atoms with Gasteiger partial charge in [-0.1, -0.05) is 6.92 Å². The molecule has 0 spiro atoms. The van der Waals surface area contributed by atoms with Crippen LogP contribution in [0, 0.1) is 5.92 Å². The summed E-state index contributed by atoms with van der Waals surface area (Å²) in [6.07, 6.45) is -0.0691. The van der Waals surface area contributed by atoms with E-state index in [0.717, 1.165) is 5.39 Å². The lowest BCUT2D eigenvalue weighted by Gasteiger charge is -2.58. The van der Waals surface area contributed by atoms with Crippen molar-refractivity contribution in [2.24, 2.45) is 5.92 Å². The molecule has 3 heterocycles. The quantitative estimate of drug-likeness (QED) is 0.209. The molecule has 41 heavy (non-hydrogen) atoms. The third-order valence-corrected chi connectivity index (χ3v) is 8.61. The van der Waals surface area contributed by atoms with Crippen LogP contribution in [0.5, 0.6) is 5.75 Å². The highest BCUT2D eigenvalue weighted by atomic mass is 31.2. The number of nitrogens with zero attached hydrogens (tertiary/aromatic N) is 1. The molecule has 1 aromatic carbocycles. The van der Waals surface area contributed by atoms with Crippen LogP contribution in [0.25, 0.3) is 10.8 Å². The van der Waals surface area contributed by atoms with Gasteiger partial charge in [-0.25, -0.2) is 0 Å². The maximum Gasteiger partial charge on any atom is 0.297 e. The van der Waals surface area contributed by atoms with Gasteiger partial charge in [-0.2, -0.15) is 0 Å². The van der Waals surface area contributed by atoms with Crippen LogP contribution < -0.4 is 15.2 Å². The van der Waals surface area contributed by atoms with Gasteiger partial charge in [0.15, 0.2) is 0 Å². The predicted molar refractivity (Wildman–Crippen MR) is 149 cm³/mol. The van der Waals surface area contributed by atoms with E-state index in [4.69, 9.17) is 18.7 Å². The monoisotopic (exact) mass is 595 g/mol. The molecule has 5 rings (SSSR count). The maximum absolute atomic E-state index is 13.2. The number of rotatable bonds is 7. The Morgan fingerprint density at radius 1 is 1.20 bits per heavy atom. The largest absolute Gasteiger partial charge is 0.432 e. The molecule has 1 aromatic heterocycles. The Morgan fingerprint density at radius 3 is 2.63 bits per heavy atom. The summed E-state index contributed by atoms with van der Waals surface area (Å²) >= 11 is 0. The molecule has 0 unspecified atom stereocenters. The maximum atomic E-state index is 13.2. The van der Waals surface area contributed by atoms with Gasteiger partial charge in [0.05, 0.1) is 42.5 Å². The molecule has 0 bridgehead atoms. The molecule has 10 atom stereocenters. The average molecular weight is 596 g/mol. The van der Waals surface area contributed by atoms with Crippen LogP contribution in [-0.4, -0.2) is 104 Å². The SMILES string of the molecule is C=P(O)(O)Oc1ccc2cnc(CC(=O)N[C@@H]3C[C@@H](C)O[C@H]4O[C@@H]5[C@@H](O)[C@H](CC)[C@H](O)[C@H](NC)[C@H]5O[C@]43O)cc2c1. The van der Waals surface area contributed by atoms with E-state index in [9.17, 15) is 29.9 Å². The van der Waals surface area contributed by atoms with Crippen molar-refractivity contribution in [2.75, 3.05) is 7.05 Å². The smallest absolute Gasteiger partial charge is 0.297 e. The Kier molecular flexibility index (Phi) is 8.50. The van der Waals surface area contributed by atoms with E-state index in [2.05, 4.69) is 21.9 Å². The van der Waals surface area contributed by atoms with Gasteiger partial charge in [-0.15, -0.1) is 0 Å². The van der Waals surface area contributed by atoms with Crippen molar-refractivity contribution >= 4 is 30.5 Å². The summed E-state index contributed by atoms with van der Waals surface area (Å²) < 4.78 is 23.2. The molecule has 1 aliphatic carbocycles. The number of carbonyl (C=O) groups is 1. The van der Waals surface area contributed by atoms with Gasteiger partial charge in [0, 0.05) is 17.5 Å². The molecule has 0 radical (unpaired) electrons. The van der Waals surface area contributed by atoms with Gasteiger partial charge in [0.25, 0.3) is 7.57 Å². The fourth-order valence-electron chi connectivity index (χ4n) is 6.14. The van der Waals surface area contributed by atoms with Crippen molar-refractivity contribution in [1.29, 1.82) is 0 Å². The number of ether oxygens (including phenoxy) is 3. The van der Waals surface area contributed by atoms with Crippen LogP contribution in [-0.2, 0) is 25.4 Å². The summed E-state index contributed by atoms with van der Waals surface area (Å²) in [6, 6.07) is 4.97. The Morgan fingerprint density at radius 2 is 1.95 bits per heavy atom. The van der Waals surface area contributed by atoms with Crippen molar-refractivity contribution < 1.29 is 48.6 Å². The van der Waals surface area contributed by atoms with Gasteiger partial charge in [0.2, 0.25) is 18.0 Å². The minimum atomic E-state index is -3.74. The number of aliphatic hydroxyl groups excluding tert-OH is 2. The number of aliphatic hydroxyl groups is 3.